The molecule has 1 aromatic carbocycles. The lowest BCUT2D eigenvalue weighted by Gasteiger charge is -2.31. The first-order valence-electron chi connectivity index (χ1n) is 10.0. The third-order valence-electron chi connectivity index (χ3n) is 4.75. The molecule has 28 heavy (non-hydrogen) atoms. The van der Waals surface area contributed by atoms with Crippen LogP contribution in [0, 0.1) is 5.92 Å². The number of hydrogen-bond donors (Lipinski definition) is 1. The van der Waals surface area contributed by atoms with Crippen molar-refractivity contribution in [2.45, 2.75) is 71.1 Å². The Morgan fingerprint density at radius 3 is 2.50 bits per heavy atom. The highest BCUT2D eigenvalue weighted by molar-refractivity contribution is 5.81. The van der Waals surface area contributed by atoms with E-state index in [9.17, 15) is 9.59 Å². The summed E-state index contributed by atoms with van der Waals surface area (Å²) < 4.78 is 16.9. The van der Waals surface area contributed by atoms with Crippen molar-refractivity contribution in [3.63, 3.8) is 0 Å². The van der Waals surface area contributed by atoms with Gasteiger partial charge in [-0.1, -0.05) is 43.7 Å². The zero-order valence-electron chi connectivity index (χ0n) is 17.6. The highest BCUT2D eigenvalue weighted by Crippen LogP contribution is 2.34. The summed E-state index contributed by atoms with van der Waals surface area (Å²) >= 11 is 0. The average Bonchev–Trinajstić information content (AvgIpc) is 2.64. The van der Waals surface area contributed by atoms with Crippen LogP contribution in [0.4, 0.5) is 4.79 Å². The summed E-state index contributed by atoms with van der Waals surface area (Å²) in [5.41, 5.74) is 0.481. The number of cyclic esters (lactones) is 1. The fourth-order valence-corrected chi connectivity index (χ4v) is 3.63. The second kappa shape index (κ2) is 9.92. The Morgan fingerprint density at radius 2 is 1.89 bits per heavy atom. The van der Waals surface area contributed by atoms with Crippen molar-refractivity contribution in [1.29, 1.82) is 0 Å². The van der Waals surface area contributed by atoms with Gasteiger partial charge in [-0.15, -0.1) is 0 Å². The van der Waals surface area contributed by atoms with Crippen LogP contribution >= 0.6 is 0 Å². The topological polar surface area (TPSA) is 73.9 Å². The molecule has 1 amide bonds. The molecule has 1 N–H and O–H groups in total. The number of benzene rings is 1. The predicted molar refractivity (Wildman–Crippen MR) is 107 cm³/mol. The van der Waals surface area contributed by atoms with Gasteiger partial charge >= 0.3 is 12.1 Å². The van der Waals surface area contributed by atoms with E-state index in [4.69, 9.17) is 14.2 Å². The van der Waals surface area contributed by atoms with Gasteiger partial charge in [0.25, 0.3) is 0 Å². The molecule has 1 fully saturated rings. The molecule has 0 bridgehead atoms. The molecule has 1 saturated heterocycles. The van der Waals surface area contributed by atoms with E-state index in [-0.39, 0.29) is 24.5 Å². The third kappa shape index (κ3) is 6.51. The lowest BCUT2D eigenvalue weighted by molar-refractivity contribution is -0.152. The van der Waals surface area contributed by atoms with Crippen LogP contribution in [0.3, 0.4) is 0 Å². The Hall–Kier alpha value is -2.08. The van der Waals surface area contributed by atoms with Crippen LogP contribution in [0.15, 0.2) is 30.3 Å². The van der Waals surface area contributed by atoms with Crippen molar-refractivity contribution in [3.05, 3.63) is 35.9 Å². The highest BCUT2D eigenvalue weighted by Gasteiger charge is 2.35. The highest BCUT2D eigenvalue weighted by atomic mass is 16.6. The van der Waals surface area contributed by atoms with Crippen molar-refractivity contribution in [2.24, 2.45) is 5.92 Å². The Bertz CT molecular complexity index is 640. The van der Waals surface area contributed by atoms with E-state index in [1.54, 1.807) is 20.8 Å². The number of rotatable bonds is 4. The van der Waals surface area contributed by atoms with E-state index in [1.165, 1.54) is 0 Å². The minimum absolute atomic E-state index is 0.0328. The predicted octanol–water partition coefficient (Wildman–Crippen LogP) is 4.04. The fourth-order valence-electron chi connectivity index (χ4n) is 3.63. The summed E-state index contributed by atoms with van der Waals surface area (Å²) in [5.74, 6) is -0.253. The lowest BCUT2D eigenvalue weighted by Crippen LogP contribution is -2.47. The van der Waals surface area contributed by atoms with Crippen molar-refractivity contribution >= 4 is 12.1 Å². The molecule has 0 unspecified atom stereocenters. The maximum absolute atomic E-state index is 12.7. The number of carbonyl (C=O) groups is 2. The summed E-state index contributed by atoms with van der Waals surface area (Å²) in [6.45, 7) is 9.92. The van der Waals surface area contributed by atoms with Gasteiger partial charge in [0.1, 0.15) is 11.7 Å². The van der Waals surface area contributed by atoms with E-state index in [1.807, 2.05) is 25.1 Å². The van der Waals surface area contributed by atoms with Crippen molar-refractivity contribution in [2.75, 3.05) is 13.2 Å². The van der Waals surface area contributed by atoms with Gasteiger partial charge < -0.3 is 19.5 Å². The van der Waals surface area contributed by atoms with Crippen molar-refractivity contribution in [1.82, 2.24) is 5.32 Å². The largest absolute Gasteiger partial charge is 0.460 e. The van der Waals surface area contributed by atoms with Gasteiger partial charge in [0.2, 0.25) is 0 Å². The molecule has 0 aromatic heterocycles. The fraction of sp³-hybridized carbons (Fsp3) is 0.636. The minimum Gasteiger partial charge on any atom is -0.460 e. The zero-order chi connectivity index (χ0) is 20.7. The number of nitrogens with one attached hydrogen (secondary N) is 1. The first-order valence-corrected chi connectivity index (χ1v) is 10.0. The molecule has 4 atom stereocenters. The van der Waals surface area contributed by atoms with Gasteiger partial charge in [-0.3, -0.25) is 0 Å². The van der Waals surface area contributed by atoms with E-state index in [0.29, 0.717) is 6.61 Å². The molecule has 0 radical (unpaired) electrons. The Kier molecular flexibility index (Phi) is 7.87. The maximum Gasteiger partial charge on any atom is 0.408 e. The monoisotopic (exact) mass is 391 g/mol. The standard InChI is InChI=1S/C22H33NO5/c1-6-10-17-13-26-14-18(23-21(25)28-22(3,4)5)20(24)27-15(2)19(17)16-11-8-7-9-12-16/h7-9,11-12,15,17-19H,6,10,13-14H2,1-5H3,(H,23,25)/t15-,17-,18-,19+/m0/s1. The maximum atomic E-state index is 12.7. The summed E-state index contributed by atoms with van der Waals surface area (Å²) in [6, 6.07) is 9.19. The molecule has 6 heteroatoms. The van der Waals surface area contributed by atoms with E-state index in [0.717, 1.165) is 18.4 Å². The van der Waals surface area contributed by atoms with Gasteiger partial charge in [-0.25, -0.2) is 9.59 Å². The van der Waals surface area contributed by atoms with Crippen LogP contribution in [0.25, 0.3) is 0 Å². The second-order valence-electron chi connectivity index (χ2n) is 8.36. The third-order valence-corrected chi connectivity index (χ3v) is 4.75. The first kappa shape index (κ1) is 22.2. The van der Waals surface area contributed by atoms with Crippen LogP contribution in [-0.4, -0.2) is 43.0 Å². The molecule has 1 aromatic rings. The molecular weight excluding hydrogens is 358 g/mol. The number of ether oxygens (including phenoxy) is 3. The van der Waals surface area contributed by atoms with Gasteiger partial charge in [0.15, 0.2) is 6.04 Å². The number of hydrogen-bond acceptors (Lipinski definition) is 5. The number of amides is 1. The molecule has 156 valence electrons. The molecule has 0 spiro atoms. The van der Waals surface area contributed by atoms with Crippen LogP contribution in [0.5, 0.6) is 0 Å². The molecule has 0 saturated carbocycles. The first-order chi connectivity index (χ1) is 13.2. The molecule has 6 nitrogen and oxygen atoms in total. The lowest BCUT2D eigenvalue weighted by atomic mass is 9.80. The van der Waals surface area contributed by atoms with Crippen LogP contribution in [0.2, 0.25) is 0 Å². The zero-order valence-corrected chi connectivity index (χ0v) is 17.6. The summed E-state index contributed by atoms with van der Waals surface area (Å²) in [4.78, 5) is 24.8. The summed E-state index contributed by atoms with van der Waals surface area (Å²) in [7, 11) is 0. The Balaban J connectivity index is 2.18. The summed E-state index contributed by atoms with van der Waals surface area (Å²) in [5, 5.41) is 2.58. The van der Waals surface area contributed by atoms with Crippen LogP contribution in [-0.2, 0) is 19.0 Å². The molecule has 1 heterocycles. The molecule has 1 aliphatic heterocycles. The van der Waals surface area contributed by atoms with Gasteiger partial charge in [0, 0.05) is 5.92 Å². The summed E-state index contributed by atoms with van der Waals surface area (Å²) in [6.07, 6.45) is 0.981. The molecular formula is C22H33NO5. The number of carbonyl (C=O) groups excluding carboxylic acids is 2. The SMILES string of the molecule is CCC[C@H]1COC[C@H](NC(=O)OC(C)(C)C)C(=O)O[C@@H](C)[C@@H]1c1ccccc1. The van der Waals surface area contributed by atoms with Crippen molar-refractivity contribution in [3.8, 4) is 0 Å². The van der Waals surface area contributed by atoms with Crippen molar-refractivity contribution < 1.29 is 23.8 Å². The van der Waals surface area contributed by atoms with E-state index in [2.05, 4.69) is 24.4 Å². The quantitative estimate of drug-likeness (QED) is 0.784. The smallest absolute Gasteiger partial charge is 0.408 e. The van der Waals surface area contributed by atoms with Crippen LogP contribution in [0.1, 0.15) is 58.9 Å². The Morgan fingerprint density at radius 1 is 1.21 bits per heavy atom. The number of esters is 1. The molecule has 1 aliphatic rings. The van der Waals surface area contributed by atoms with Gasteiger partial charge in [-0.2, -0.15) is 0 Å². The van der Waals surface area contributed by atoms with E-state index < -0.39 is 23.7 Å². The normalized spacial score (nSPS) is 26.4. The number of alkyl carbamates (subject to hydrolysis) is 1. The average molecular weight is 392 g/mol. The second-order valence-corrected chi connectivity index (χ2v) is 8.36. The van der Waals surface area contributed by atoms with E-state index >= 15 is 0 Å². The van der Waals surface area contributed by atoms with Gasteiger partial charge in [-0.05, 0) is 45.6 Å². The van der Waals surface area contributed by atoms with Crippen LogP contribution < -0.4 is 5.32 Å². The Labute approximate surface area is 167 Å². The molecule has 0 aliphatic carbocycles. The minimum atomic E-state index is -0.894. The van der Waals surface area contributed by atoms with Gasteiger partial charge in [0.05, 0.1) is 13.2 Å². The molecule has 2 rings (SSSR count).